The molecule has 2 heterocycles. The van der Waals surface area contributed by atoms with Crippen LogP contribution in [0.25, 0.3) is 10.9 Å². The van der Waals surface area contributed by atoms with Crippen LogP contribution in [-0.2, 0) is 33.7 Å². The van der Waals surface area contributed by atoms with Gasteiger partial charge in [0.25, 0.3) is 0 Å². The zero-order valence-electron chi connectivity index (χ0n) is 16.0. The highest BCUT2D eigenvalue weighted by Gasteiger charge is 2.34. The molecule has 1 unspecified atom stereocenters. The standard InChI is InChI=1S/C23H24N2O3/c1-28-23(27)21-13-16-7-2-3-8-18(16)15-25(21)22(26)12-6-9-17-14-24-20-11-5-4-10-19(17)20/h2-5,7-8,10-11,14,21,24H,6,9,12-13,15H2,1H3. The summed E-state index contributed by atoms with van der Waals surface area (Å²) >= 11 is 0. The maximum atomic E-state index is 12.9. The summed E-state index contributed by atoms with van der Waals surface area (Å²) in [6, 6.07) is 15.6. The molecule has 2 aromatic carbocycles. The minimum atomic E-state index is -0.541. The summed E-state index contributed by atoms with van der Waals surface area (Å²) in [4.78, 5) is 30.2. The molecule has 0 fully saturated rings. The molecule has 5 heteroatoms. The number of carbonyl (C=O) groups is 2. The molecule has 3 aromatic rings. The molecule has 0 saturated heterocycles. The summed E-state index contributed by atoms with van der Waals surface area (Å²) in [5.41, 5.74) is 4.55. The van der Waals surface area contributed by atoms with E-state index in [-0.39, 0.29) is 11.9 Å². The quantitative estimate of drug-likeness (QED) is 0.692. The van der Waals surface area contributed by atoms with Crippen LogP contribution in [0.4, 0.5) is 0 Å². The lowest BCUT2D eigenvalue weighted by Crippen LogP contribution is -2.49. The van der Waals surface area contributed by atoms with Crippen molar-refractivity contribution in [3.8, 4) is 0 Å². The van der Waals surface area contributed by atoms with Crippen molar-refractivity contribution in [2.24, 2.45) is 0 Å². The van der Waals surface area contributed by atoms with Gasteiger partial charge in [-0.25, -0.2) is 4.79 Å². The number of benzene rings is 2. The van der Waals surface area contributed by atoms with Gasteiger partial charge in [-0.15, -0.1) is 0 Å². The second kappa shape index (κ2) is 7.89. The molecule has 4 rings (SSSR count). The van der Waals surface area contributed by atoms with Crippen LogP contribution in [0.2, 0.25) is 0 Å². The molecular formula is C23H24N2O3. The molecule has 5 nitrogen and oxygen atoms in total. The van der Waals surface area contributed by atoms with Crippen LogP contribution in [0.1, 0.15) is 29.5 Å². The Kier molecular flexibility index (Phi) is 5.15. The van der Waals surface area contributed by atoms with Crippen molar-refractivity contribution in [3.63, 3.8) is 0 Å². The molecule has 1 aliphatic heterocycles. The Bertz CT molecular complexity index is 1010. The van der Waals surface area contributed by atoms with Crippen LogP contribution in [0.5, 0.6) is 0 Å². The Hall–Kier alpha value is -3.08. The van der Waals surface area contributed by atoms with E-state index in [2.05, 4.69) is 17.1 Å². The lowest BCUT2D eigenvalue weighted by atomic mass is 9.93. The number of nitrogens with zero attached hydrogens (tertiary/aromatic N) is 1. The summed E-state index contributed by atoms with van der Waals surface area (Å²) in [5.74, 6) is -0.343. The minimum absolute atomic E-state index is 0.00439. The van der Waals surface area contributed by atoms with Crippen molar-refractivity contribution in [3.05, 3.63) is 71.4 Å². The second-order valence-electron chi connectivity index (χ2n) is 7.25. The zero-order valence-corrected chi connectivity index (χ0v) is 16.0. The first-order chi connectivity index (χ1) is 13.7. The third-order valence-corrected chi connectivity index (χ3v) is 5.55. The fourth-order valence-corrected chi connectivity index (χ4v) is 4.04. The van der Waals surface area contributed by atoms with Crippen LogP contribution >= 0.6 is 0 Å². The molecule has 1 aromatic heterocycles. The molecule has 1 N–H and O–H groups in total. The number of para-hydroxylation sites is 1. The van der Waals surface area contributed by atoms with Crippen molar-refractivity contribution in [2.45, 2.75) is 38.3 Å². The van der Waals surface area contributed by atoms with E-state index < -0.39 is 6.04 Å². The van der Waals surface area contributed by atoms with Gasteiger partial charge in [0, 0.05) is 36.5 Å². The molecule has 0 saturated carbocycles. The van der Waals surface area contributed by atoms with Gasteiger partial charge in [-0.2, -0.15) is 0 Å². The number of amides is 1. The molecule has 0 bridgehead atoms. The van der Waals surface area contributed by atoms with Gasteiger partial charge in [-0.1, -0.05) is 42.5 Å². The van der Waals surface area contributed by atoms with Crippen LogP contribution in [0.3, 0.4) is 0 Å². The number of H-pyrrole nitrogens is 1. The van der Waals surface area contributed by atoms with E-state index in [0.29, 0.717) is 19.4 Å². The van der Waals surface area contributed by atoms with E-state index in [9.17, 15) is 9.59 Å². The number of aryl methyl sites for hydroxylation is 1. The van der Waals surface area contributed by atoms with Crippen molar-refractivity contribution in [2.75, 3.05) is 7.11 Å². The Morgan fingerprint density at radius 1 is 1.11 bits per heavy atom. The third kappa shape index (κ3) is 3.52. The minimum Gasteiger partial charge on any atom is -0.467 e. The summed E-state index contributed by atoms with van der Waals surface area (Å²) in [6.45, 7) is 0.460. The third-order valence-electron chi connectivity index (χ3n) is 5.55. The van der Waals surface area contributed by atoms with Crippen LogP contribution in [0.15, 0.2) is 54.7 Å². The molecule has 0 spiro atoms. The SMILES string of the molecule is COC(=O)C1Cc2ccccc2CN1C(=O)CCCc1c[nH]c2ccccc12. The lowest BCUT2D eigenvalue weighted by Gasteiger charge is -2.35. The molecule has 0 radical (unpaired) electrons. The fraction of sp³-hybridized carbons (Fsp3) is 0.304. The topological polar surface area (TPSA) is 62.4 Å². The van der Waals surface area contributed by atoms with Crippen molar-refractivity contribution in [1.29, 1.82) is 0 Å². The first kappa shape index (κ1) is 18.3. The van der Waals surface area contributed by atoms with Gasteiger partial charge in [0.2, 0.25) is 5.91 Å². The number of aromatic nitrogens is 1. The van der Waals surface area contributed by atoms with Crippen LogP contribution in [0, 0.1) is 0 Å². The summed E-state index contributed by atoms with van der Waals surface area (Å²) in [7, 11) is 1.38. The highest BCUT2D eigenvalue weighted by molar-refractivity contribution is 5.86. The summed E-state index contributed by atoms with van der Waals surface area (Å²) in [5, 5.41) is 1.20. The Balaban J connectivity index is 1.44. The van der Waals surface area contributed by atoms with Gasteiger partial charge < -0.3 is 14.6 Å². The first-order valence-electron chi connectivity index (χ1n) is 9.66. The normalized spacial score (nSPS) is 16.0. The van der Waals surface area contributed by atoms with Gasteiger partial charge in [-0.05, 0) is 35.6 Å². The number of rotatable bonds is 5. The van der Waals surface area contributed by atoms with E-state index in [0.717, 1.165) is 29.5 Å². The van der Waals surface area contributed by atoms with Crippen LogP contribution in [-0.4, -0.2) is 34.9 Å². The second-order valence-corrected chi connectivity index (χ2v) is 7.25. The Morgan fingerprint density at radius 2 is 1.86 bits per heavy atom. The number of esters is 1. The van der Waals surface area contributed by atoms with Crippen molar-refractivity contribution < 1.29 is 14.3 Å². The summed E-state index contributed by atoms with van der Waals surface area (Å²) in [6.07, 6.45) is 4.51. The van der Waals surface area contributed by atoms with E-state index in [1.807, 2.05) is 42.6 Å². The number of fused-ring (bicyclic) bond motifs is 2. The monoisotopic (exact) mass is 376 g/mol. The van der Waals surface area contributed by atoms with Gasteiger partial charge in [0.05, 0.1) is 7.11 Å². The largest absolute Gasteiger partial charge is 0.467 e. The number of carbonyl (C=O) groups excluding carboxylic acids is 2. The lowest BCUT2D eigenvalue weighted by molar-refractivity contribution is -0.154. The molecule has 144 valence electrons. The average Bonchev–Trinajstić information content (AvgIpc) is 3.15. The number of methoxy groups -OCH3 is 1. The first-order valence-corrected chi connectivity index (χ1v) is 9.66. The summed E-state index contributed by atoms with van der Waals surface area (Å²) < 4.78 is 4.96. The predicted molar refractivity (Wildman–Crippen MR) is 108 cm³/mol. The van der Waals surface area contributed by atoms with E-state index in [1.165, 1.54) is 18.1 Å². The van der Waals surface area contributed by atoms with Crippen molar-refractivity contribution >= 4 is 22.8 Å². The number of hydrogen-bond donors (Lipinski definition) is 1. The van der Waals surface area contributed by atoms with Crippen molar-refractivity contribution in [1.82, 2.24) is 9.88 Å². The Morgan fingerprint density at radius 3 is 2.68 bits per heavy atom. The number of ether oxygens (including phenoxy) is 1. The molecule has 1 amide bonds. The van der Waals surface area contributed by atoms with Gasteiger partial charge in [-0.3, -0.25) is 4.79 Å². The molecular weight excluding hydrogens is 352 g/mol. The Labute approximate surface area is 164 Å². The van der Waals surface area contributed by atoms with Gasteiger partial charge in [0.1, 0.15) is 6.04 Å². The zero-order chi connectivity index (χ0) is 19.5. The van der Waals surface area contributed by atoms with E-state index >= 15 is 0 Å². The smallest absolute Gasteiger partial charge is 0.328 e. The predicted octanol–water partition coefficient (Wildman–Crippen LogP) is 3.62. The molecule has 1 aliphatic rings. The molecule has 1 atom stereocenters. The van der Waals surface area contributed by atoms with Crippen LogP contribution < -0.4 is 0 Å². The number of aromatic amines is 1. The number of nitrogens with one attached hydrogen (secondary N) is 1. The maximum absolute atomic E-state index is 12.9. The fourth-order valence-electron chi connectivity index (χ4n) is 4.04. The molecule has 28 heavy (non-hydrogen) atoms. The average molecular weight is 376 g/mol. The van der Waals surface area contributed by atoms with E-state index in [1.54, 1.807) is 4.90 Å². The van der Waals surface area contributed by atoms with Gasteiger partial charge >= 0.3 is 5.97 Å². The highest BCUT2D eigenvalue weighted by Crippen LogP contribution is 2.25. The number of hydrogen-bond acceptors (Lipinski definition) is 3. The molecule has 0 aliphatic carbocycles. The van der Waals surface area contributed by atoms with E-state index in [4.69, 9.17) is 4.74 Å². The highest BCUT2D eigenvalue weighted by atomic mass is 16.5. The van der Waals surface area contributed by atoms with Gasteiger partial charge in [0.15, 0.2) is 0 Å². The maximum Gasteiger partial charge on any atom is 0.328 e.